The zero-order valence-electron chi connectivity index (χ0n) is 12.9. The van der Waals surface area contributed by atoms with Gasteiger partial charge < -0.3 is 9.64 Å². The molecule has 112 valence electrons. The standard InChI is InChI=1S/C16H26N2O2/c1-4-17-16-14(8-9-15(16)20-13(3)19)12(2)18-10-6-5-7-11-18/h15H,4-11H2,1-3H3/b14-12+,17-16?. The summed E-state index contributed by atoms with van der Waals surface area (Å²) in [5.41, 5.74) is 3.65. The van der Waals surface area contributed by atoms with Gasteiger partial charge in [0.15, 0.2) is 0 Å². The maximum atomic E-state index is 11.2. The molecule has 0 aromatic rings. The van der Waals surface area contributed by atoms with Crippen LogP contribution in [-0.2, 0) is 9.53 Å². The van der Waals surface area contributed by atoms with Gasteiger partial charge in [0.05, 0.1) is 5.71 Å². The van der Waals surface area contributed by atoms with Crippen LogP contribution in [0.4, 0.5) is 0 Å². The number of allylic oxidation sites excluding steroid dienone is 1. The fraction of sp³-hybridized carbons (Fsp3) is 0.750. The van der Waals surface area contributed by atoms with Crippen LogP contribution in [0.15, 0.2) is 16.3 Å². The van der Waals surface area contributed by atoms with Crippen molar-refractivity contribution in [2.24, 2.45) is 4.99 Å². The Morgan fingerprint density at radius 3 is 2.60 bits per heavy atom. The summed E-state index contributed by atoms with van der Waals surface area (Å²) in [5.74, 6) is -0.212. The lowest BCUT2D eigenvalue weighted by molar-refractivity contribution is -0.143. The van der Waals surface area contributed by atoms with E-state index in [0.717, 1.165) is 38.2 Å². The average molecular weight is 278 g/mol. The number of carbonyl (C=O) groups is 1. The molecule has 0 N–H and O–H groups in total. The van der Waals surface area contributed by atoms with Crippen molar-refractivity contribution in [3.8, 4) is 0 Å². The van der Waals surface area contributed by atoms with Crippen molar-refractivity contribution in [3.63, 3.8) is 0 Å². The Morgan fingerprint density at radius 1 is 1.30 bits per heavy atom. The molecule has 20 heavy (non-hydrogen) atoms. The van der Waals surface area contributed by atoms with Crippen LogP contribution in [0.25, 0.3) is 0 Å². The second-order valence-corrected chi connectivity index (χ2v) is 5.61. The number of rotatable bonds is 3. The topological polar surface area (TPSA) is 41.9 Å². The summed E-state index contributed by atoms with van der Waals surface area (Å²) < 4.78 is 5.42. The fourth-order valence-corrected chi connectivity index (χ4v) is 3.20. The Hall–Kier alpha value is -1.32. The van der Waals surface area contributed by atoms with E-state index in [-0.39, 0.29) is 12.1 Å². The second-order valence-electron chi connectivity index (χ2n) is 5.61. The highest BCUT2D eigenvalue weighted by molar-refractivity contribution is 6.06. The quantitative estimate of drug-likeness (QED) is 0.745. The number of hydrogen-bond acceptors (Lipinski definition) is 4. The van der Waals surface area contributed by atoms with Gasteiger partial charge in [-0.05, 0) is 51.5 Å². The molecule has 1 saturated carbocycles. The molecule has 1 aliphatic heterocycles. The first kappa shape index (κ1) is 15.1. The molecular weight excluding hydrogens is 252 g/mol. The molecular formula is C16H26N2O2. The summed E-state index contributed by atoms with van der Waals surface area (Å²) >= 11 is 0. The van der Waals surface area contributed by atoms with Crippen LogP contribution < -0.4 is 0 Å². The lowest BCUT2D eigenvalue weighted by Gasteiger charge is -2.31. The van der Waals surface area contributed by atoms with Gasteiger partial charge in [-0.3, -0.25) is 9.79 Å². The van der Waals surface area contributed by atoms with Gasteiger partial charge in [-0.1, -0.05) is 0 Å². The van der Waals surface area contributed by atoms with Crippen LogP contribution >= 0.6 is 0 Å². The Balaban J connectivity index is 2.21. The van der Waals surface area contributed by atoms with Gasteiger partial charge in [-0.2, -0.15) is 0 Å². The first-order valence-electron chi connectivity index (χ1n) is 7.80. The number of aliphatic imine (C=N–C) groups is 1. The van der Waals surface area contributed by atoms with Gasteiger partial charge in [0, 0.05) is 32.3 Å². The van der Waals surface area contributed by atoms with Crippen molar-refractivity contribution >= 4 is 11.7 Å². The summed E-state index contributed by atoms with van der Waals surface area (Å²) in [4.78, 5) is 18.3. The number of hydrogen-bond donors (Lipinski definition) is 0. The molecule has 0 aromatic heterocycles. The van der Waals surface area contributed by atoms with Gasteiger partial charge in [0.25, 0.3) is 0 Å². The van der Waals surface area contributed by atoms with Gasteiger partial charge in [0.2, 0.25) is 0 Å². The lowest BCUT2D eigenvalue weighted by atomic mass is 10.1. The number of ether oxygens (including phenoxy) is 1. The maximum Gasteiger partial charge on any atom is 0.303 e. The third-order valence-corrected chi connectivity index (χ3v) is 4.17. The van der Waals surface area contributed by atoms with Crippen molar-refractivity contribution in [3.05, 3.63) is 11.3 Å². The first-order chi connectivity index (χ1) is 9.63. The minimum atomic E-state index is -0.212. The number of carbonyl (C=O) groups excluding carboxylic acids is 1. The number of piperidine rings is 1. The molecule has 4 heteroatoms. The molecule has 1 aliphatic carbocycles. The monoisotopic (exact) mass is 278 g/mol. The Bertz CT molecular complexity index is 420. The summed E-state index contributed by atoms with van der Waals surface area (Å²) in [6, 6.07) is 0. The number of nitrogens with zero attached hydrogens (tertiary/aromatic N) is 2. The summed E-state index contributed by atoms with van der Waals surface area (Å²) in [6.07, 6.45) is 5.60. The lowest BCUT2D eigenvalue weighted by Crippen LogP contribution is -2.30. The minimum Gasteiger partial charge on any atom is -0.456 e. The van der Waals surface area contributed by atoms with Gasteiger partial charge >= 0.3 is 5.97 Å². The predicted octanol–water partition coefficient (Wildman–Crippen LogP) is 2.93. The molecule has 4 nitrogen and oxygen atoms in total. The highest BCUT2D eigenvalue weighted by Gasteiger charge is 2.32. The molecule has 2 aliphatic rings. The molecule has 1 heterocycles. The van der Waals surface area contributed by atoms with E-state index in [2.05, 4.69) is 16.8 Å². The zero-order valence-corrected chi connectivity index (χ0v) is 12.9. The van der Waals surface area contributed by atoms with Crippen molar-refractivity contribution in [1.82, 2.24) is 4.90 Å². The molecule has 0 radical (unpaired) electrons. The van der Waals surface area contributed by atoms with E-state index in [4.69, 9.17) is 4.74 Å². The predicted molar refractivity (Wildman–Crippen MR) is 80.9 cm³/mol. The molecule has 2 fully saturated rings. The van der Waals surface area contributed by atoms with Crippen molar-refractivity contribution in [1.29, 1.82) is 0 Å². The Labute approximate surface area is 121 Å². The van der Waals surface area contributed by atoms with Crippen LogP contribution in [0.5, 0.6) is 0 Å². The normalized spacial score (nSPS) is 27.9. The molecule has 1 unspecified atom stereocenters. The van der Waals surface area contributed by atoms with E-state index in [9.17, 15) is 4.79 Å². The molecule has 0 amide bonds. The smallest absolute Gasteiger partial charge is 0.303 e. The molecule has 0 aromatic carbocycles. The van der Waals surface area contributed by atoms with E-state index in [1.54, 1.807) is 0 Å². The molecule has 1 saturated heterocycles. The van der Waals surface area contributed by atoms with Crippen molar-refractivity contribution in [2.75, 3.05) is 19.6 Å². The van der Waals surface area contributed by atoms with Crippen LogP contribution in [0, 0.1) is 0 Å². The third-order valence-electron chi connectivity index (χ3n) is 4.17. The van der Waals surface area contributed by atoms with Crippen LogP contribution in [0.1, 0.15) is 52.9 Å². The van der Waals surface area contributed by atoms with Crippen LogP contribution in [0.3, 0.4) is 0 Å². The largest absolute Gasteiger partial charge is 0.456 e. The highest BCUT2D eigenvalue weighted by atomic mass is 16.5. The van der Waals surface area contributed by atoms with E-state index in [1.807, 2.05) is 6.92 Å². The van der Waals surface area contributed by atoms with Crippen LogP contribution in [-0.4, -0.2) is 42.3 Å². The van der Waals surface area contributed by atoms with E-state index < -0.39 is 0 Å². The summed E-state index contributed by atoms with van der Waals surface area (Å²) in [7, 11) is 0. The molecule has 2 rings (SSSR count). The fourth-order valence-electron chi connectivity index (χ4n) is 3.20. The van der Waals surface area contributed by atoms with E-state index in [0.29, 0.717) is 0 Å². The molecule has 0 spiro atoms. The van der Waals surface area contributed by atoms with Crippen LogP contribution in [0.2, 0.25) is 0 Å². The second kappa shape index (κ2) is 6.91. The van der Waals surface area contributed by atoms with Gasteiger partial charge in [-0.15, -0.1) is 0 Å². The van der Waals surface area contributed by atoms with Crippen molar-refractivity contribution in [2.45, 2.75) is 59.0 Å². The van der Waals surface area contributed by atoms with E-state index in [1.165, 1.54) is 37.5 Å². The third kappa shape index (κ3) is 3.41. The summed E-state index contributed by atoms with van der Waals surface area (Å²) in [6.45, 7) is 8.73. The average Bonchev–Trinajstić information content (AvgIpc) is 2.82. The Kier molecular flexibility index (Phi) is 5.21. The highest BCUT2D eigenvalue weighted by Crippen LogP contribution is 2.30. The summed E-state index contributed by atoms with van der Waals surface area (Å²) in [5, 5.41) is 0. The first-order valence-corrected chi connectivity index (χ1v) is 7.80. The van der Waals surface area contributed by atoms with Gasteiger partial charge in [0.1, 0.15) is 6.10 Å². The SMILES string of the molecule is CCN=C1/C(=C(\C)N2CCCCC2)CCC1OC(C)=O. The van der Waals surface area contributed by atoms with Crippen molar-refractivity contribution < 1.29 is 9.53 Å². The zero-order chi connectivity index (χ0) is 14.5. The number of likely N-dealkylation sites (tertiary alicyclic amines) is 1. The molecule has 0 bridgehead atoms. The Morgan fingerprint density at radius 2 is 2.00 bits per heavy atom. The maximum absolute atomic E-state index is 11.2. The minimum absolute atomic E-state index is 0.137. The van der Waals surface area contributed by atoms with Gasteiger partial charge in [-0.25, -0.2) is 0 Å². The molecule has 1 atom stereocenters. The van der Waals surface area contributed by atoms with E-state index >= 15 is 0 Å². The number of esters is 1.